The van der Waals surface area contributed by atoms with Crippen LogP contribution in [-0.2, 0) is 6.42 Å². The monoisotopic (exact) mass is 263 g/mol. The van der Waals surface area contributed by atoms with Crippen LogP contribution in [0, 0.1) is 26.7 Å². The van der Waals surface area contributed by atoms with Crippen molar-refractivity contribution >= 4 is 0 Å². The van der Waals surface area contributed by atoms with Gasteiger partial charge in [-0.25, -0.2) is 0 Å². The molecule has 1 N–H and O–H groups in total. The van der Waals surface area contributed by atoms with E-state index in [0.717, 1.165) is 25.9 Å². The van der Waals surface area contributed by atoms with E-state index >= 15 is 0 Å². The van der Waals surface area contributed by atoms with Crippen LogP contribution in [0.3, 0.4) is 0 Å². The summed E-state index contributed by atoms with van der Waals surface area (Å²) < 4.78 is 0. The molecule has 19 heavy (non-hydrogen) atoms. The van der Waals surface area contributed by atoms with Gasteiger partial charge in [0.1, 0.15) is 0 Å². The van der Waals surface area contributed by atoms with Gasteiger partial charge in [0.2, 0.25) is 0 Å². The van der Waals surface area contributed by atoms with Gasteiger partial charge in [-0.15, -0.1) is 0 Å². The zero-order chi connectivity index (χ0) is 14.4. The van der Waals surface area contributed by atoms with Gasteiger partial charge in [0.15, 0.2) is 0 Å². The van der Waals surface area contributed by atoms with Crippen LogP contribution in [0.25, 0.3) is 0 Å². The fourth-order valence-corrected chi connectivity index (χ4v) is 2.45. The van der Waals surface area contributed by atoms with E-state index in [2.05, 4.69) is 51.8 Å². The Morgan fingerprint density at radius 2 is 1.74 bits per heavy atom. The van der Waals surface area contributed by atoms with E-state index in [1.54, 1.807) is 0 Å². The molecule has 0 radical (unpaired) electrons. The molecule has 0 aliphatic carbocycles. The average molecular weight is 263 g/mol. The lowest BCUT2D eigenvalue weighted by molar-refractivity contribution is 0.177. The highest BCUT2D eigenvalue weighted by Gasteiger charge is 2.09. The summed E-state index contributed by atoms with van der Waals surface area (Å²) in [6.07, 6.45) is 2.13. The van der Waals surface area contributed by atoms with E-state index in [4.69, 9.17) is 0 Å². The molecule has 0 aromatic heterocycles. The van der Waals surface area contributed by atoms with E-state index in [9.17, 15) is 5.11 Å². The Balaban J connectivity index is 2.55. The van der Waals surface area contributed by atoms with Crippen molar-refractivity contribution in [3.63, 3.8) is 0 Å². The molecule has 2 heteroatoms. The lowest BCUT2D eigenvalue weighted by Crippen LogP contribution is -2.29. The van der Waals surface area contributed by atoms with E-state index < -0.39 is 0 Å². The first kappa shape index (κ1) is 16.2. The predicted octanol–water partition coefficient (Wildman–Crippen LogP) is 3.10. The second-order valence-electron chi connectivity index (χ2n) is 5.83. The van der Waals surface area contributed by atoms with Crippen molar-refractivity contribution in [1.29, 1.82) is 0 Å². The van der Waals surface area contributed by atoms with Gasteiger partial charge in [-0.2, -0.15) is 0 Å². The fraction of sp³-hybridized carbons (Fsp3) is 0.647. The Hall–Kier alpha value is -0.860. The fourth-order valence-electron chi connectivity index (χ4n) is 2.45. The number of hydrogen-bond donors (Lipinski definition) is 1. The quantitative estimate of drug-likeness (QED) is 0.817. The highest BCUT2D eigenvalue weighted by molar-refractivity contribution is 5.36. The van der Waals surface area contributed by atoms with E-state index in [-0.39, 0.29) is 0 Å². The summed E-state index contributed by atoms with van der Waals surface area (Å²) in [5, 5.41) is 9.24. The Labute approximate surface area is 118 Å². The van der Waals surface area contributed by atoms with Gasteiger partial charge in [0, 0.05) is 19.7 Å². The molecule has 0 aliphatic rings. The largest absolute Gasteiger partial charge is 0.396 e. The van der Waals surface area contributed by atoms with Crippen molar-refractivity contribution in [3.05, 3.63) is 34.4 Å². The molecule has 0 bridgehead atoms. The Morgan fingerprint density at radius 1 is 1.11 bits per heavy atom. The zero-order valence-corrected chi connectivity index (χ0v) is 13.2. The van der Waals surface area contributed by atoms with Crippen molar-refractivity contribution in [2.45, 2.75) is 40.5 Å². The lowest BCUT2D eigenvalue weighted by atomic mass is 9.98. The van der Waals surface area contributed by atoms with Crippen molar-refractivity contribution in [1.82, 2.24) is 4.90 Å². The molecule has 2 nitrogen and oxygen atoms in total. The Morgan fingerprint density at radius 3 is 2.32 bits per heavy atom. The second-order valence-corrected chi connectivity index (χ2v) is 5.83. The molecular formula is C17H29NO. The van der Waals surface area contributed by atoms with Gasteiger partial charge in [-0.05, 0) is 68.8 Å². The van der Waals surface area contributed by atoms with Gasteiger partial charge in [0.05, 0.1) is 0 Å². The lowest BCUT2D eigenvalue weighted by Gasteiger charge is -2.22. The summed E-state index contributed by atoms with van der Waals surface area (Å²) in [6, 6.07) is 4.61. The molecule has 1 rings (SSSR count). The van der Waals surface area contributed by atoms with Crippen LogP contribution in [0.5, 0.6) is 0 Å². The summed E-state index contributed by atoms with van der Waals surface area (Å²) in [5.74, 6) is 0.408. The second kappa shape index (κ2) is 7.66. The molecule has 0 aliphatic heterocycles. The molecule has 0 heterocycles. The van der Waals surface area contributed by atoms with Crippen LogP contribution in [0.2, 0.25) is 0 Å². The molecule has 0 spiro atoms. The molecule has 1 unspecified atom stereocenters. The molecule has 0 amide bonds. The predicted molar refractivity (Wildman–Crippen MR) is 82.7 cm³/mol. The zero-order valence-electron chi connectivity index (χ0n) is 13.2. The normalized spacial score (nSPS) is 13.0. The summed E-state index contributed by atoms with van der Waals surface area (Å²) in [5.41, 5.74) is 5.60. The highest BCUT2D eigenvalue weighted by atomic mass is 16.3. The number of benzene rings is 1. The van der Waals surface area contributed by atoms with E-state index in [1.165, 1.54) is 22.3 Å². The topological polar surface area (TPSA) is 23.5 Å². The molecule has 0 saturated carbocycles. The van der Waals surface area contributed by atoms with Crippen LogP contribution in [0.1, 0.15) is 35.6 Å². The summed E-state index contributed by atoms with van der Waals surface area (Å²) >= 11 is 0. The van der Waals surface area contributed by atoms with Crippen LogP contribution in [0.15, 0.2) is 12.1 Å². The van der Waals surface area contributed by atoms with Crippen molar-refractivity contribution in [2.75, 3.05) is 26.7 Å². The van der Waals surface area contributed by atoms with Crippen LogP contribution in [-0.4, -0.2) is 36.8 Å². The number of aliphatic hydroxyl groups excluding tert-OH is 1. The standard InChI is InChI=1S/C17H29NO/c1-6-16(12-19)11-18(5)8-7-17-10-14(3)13(2)9-15(17)4/h9-10,16,19H,6-8,11-12H2,1-5H3. The first-order chi connectivity index (χ1) is 8.97. The SMILES string of the molecule is CCC(CO)CN(C)CCc1cc(C)c(C)cc1C. The van der Waals surface area contributed by atoms with Crippen molar-refractivity contribution in [3.8, 4) is 0 Å². The molecule has 0 saturated heterocycles. The maximum Gasteiger partial charge on any atom is 0.0471 e. The minimum absolute atomic E-state index is 0.295. The number of rotatable bonds is 7. The van der Waals surface area contributed by atoms with E-state index in [0.29, 0.717) is 12.5 Å². The summed E-state index contributed by atoms with van der Waals surface area (Å²) in [6.45, 7) is 11.0. The number of nitrogens with zero attached hydrogens (tertiary/aromatic N) is 1. The highest BCUT2D eigenvalue weighted by Crippen LogP contribution is 2.16. The van der Waals surface area contributed by atoms with Crippen LogP contribution < -0.4 is 0 Å². The molecule has 1 aromatic rings. The van der Waals surface area contributed by atoms with Crippen LogP contribution >= 0.6 is 0 Å². The summed E-state index contributed by atoms with van der Waals surface area (Å²) in [7, 11) is 2.15. The first-order valence-electron chi connectivity index (χ1n) is 7.34. The van der Waals surface area contributed by atoms with E-state index in [1.807, 2.05) is 0 Å². The maximum absolute atomic E-state index is 9.24. The molecule has 108 valence electrons. The first-order valence-corrected chi connectivity index (χ1v) is 7.34. The Kier molecular flexibility index (Phi) is 6.53. The molecule has 1 atom stereocenters. The van der Waals surface area contributed by atoms with Crippen LogP contribution in [0.4, 0.5) is 0 Å². The van der Waals surface area contributed by atoms with Gasteiger partial charge in [0.25, 0.3) is 0 Å². The van der Waals surface area contributed by atoms with Gasteiger partial charge in [-0.1, -0.05) is 19.1 Å². The third kappa shape index (κ3) is 4.96. The smallest absolute Gasteiger partial charge is 0.0471 e. The minimum Gasteiger partial charge on any atom is -0.396 e. The molecular weight excluding hydrogens is 234 g/mol. The number of aryl methyl sites for hydroxylation is 3. The average Bonchev–Trinajstić information content (AvgIpc) is 2.38. The Bertz CT molecular complexity index is 396. The van der Waals surface area contributed by atoms with Gasteiger partial charge >= 0.3 is 0 Å². The van der Waals surface area contributed by atoms with Crippen molar-refractivity contribution < 1.29 is 5.11 Å². The third-order valence-corrected chi connectivity index (χ3v) is 4.12. The van der Waals surface area contributed by atoms with Crippen molar-refractivity contribution in [2.24, 2.45) is 5.92 Å². The number of likely N-dealkylation sites (N-methyl/N-ethyl adjacent to an activating group) is 1. The van der Waals surface area contributed by atoms with Gasteiger partial charge in [-0.3, -0.25) is 0 Å². The van der Waals surface area contributed by atoms with Gasteiger partial charge < -0.3 is 10.0 Å². The minimum atomic E-state index is 0.295. The number of hydrogen-bond acceptors (Lipinski definition) is 2. The summed E-state index contributed by atoms with van der Waals surface area (Å²) in [4.78, 5) is 2.33. The third-order valence-electron chi connectivity index (χ3n) is 4.12. The number of aliphatic hydroxyl groups is 1. The maximum atomic E-state index is 9.24. The molecule has 0 fully saturated rings. The molecule has 1 aromatic carbocycles.